The third kappa shape index (κ3) is 2.81. The number of halogens is 1. The lowest BCUT2D eigenvalue weighted by Crippen LogP contribution is -2.29. The third-order valence-corrected chi connectivity index (χ3v) is 3.70. The number of benzene rings is 1. The number of aryl methyl sites for hydroxylation is 2. The first kappa shape index (κ1) is 12.4. The molecule has 92 valence electrons. The van der Waals surface area contributed by atoms with E-state index in [2.05, 4.69) is 6.07 Å². The van der Waals surface area contributed by atoms with Gasteiger partial charge in [0, 0.05) is 24.5 Å². The number of hydrogen-bond acceptors (Lipinski definition) is 1. The summed E-state index contributed by atoms with van der Waals surface area (Å²) in [5, 5.41) is 0. The van der Waals surface area contributed by atoms with Crippen LogP contribution in [0.25, 0.3) is 0 Å². The van der Waals surface area contributed by atoms with E-state index in [4.69, 9.17) is 11.6 Å². The molecule has 3 heteroatoms. The molecule has 0 N–H and O–H groups in total. The van der Waals surface area contributed by atoms with Crippen molar-refractivity contribution in [3.05, 3.63) is 34.9 Å². The molecule has 2 nitrogen and oxygen atoms in total. The maximum Gasteiger partial charge on any atom is 0.253 e. The lowest BCUT2D eigenvalue weighted by atomic mass is 10.1. The van der Waals surface area contributed by atoms with Gasteiger partial charge < -0.3 is 4.90 Å². The van der Waals surface area contributed by atoms with Gasteiger partial charge in [0.15, 0.2) is 0 Å². The summed E-state index contributed by atoms with van der Waals surface area (Å²) >= 11 is 5.84. The molecule has 0 aromatic heterocycles. The molecular formula is C14H18ClNO. The highest BCUT2D eigenvalue weighted by molar-refractivity contribution is 6.18. The first-order chi connectivity index (χ1) is 8.10. The molecule has 1 aliphatic rings. The molecule has 1 fully saturated rings. The molecule has 0 saturated carbocycles. The van der Waals surface area contributed by atoms with Crippen LogP contribution in [-0.4, -0.2) is 29.8 Å². The van der Waals surface area contributed by atoms with Gasteiger partial charge in [0.2, 0.25) is 0 Å². The number of amides is 1. The van der Waals surface area contributed by atoms with Crippen molar-refractivity contribution < 1.29 is 4.79 Å². The Morgan fingerprint density at radius 1 is 1.35 bits per heavy atom. The normalized spacial score (nSPS) is 19.7. The number of hydrogen-bond donors (Lipinski definition) is 0. The summed E-state index contributed by atoms with van der Waals surface area (Å²) in [5.41, 5.74) is 3.08. The highest BCUT2D eigenvalue weighted by atomic mass is 35.5. The molecular weight excluding hydrogens is 234 g/mol. The van der Waals surface area contributed by atoms with Crippen LogP contribution in [-0.2, 0) is 0 Å². The van der Waals surface area contributed by atoms with Crippen molar-refractivity contribution >= 4 is 17.5 Å². The van der Waals surface area contributed by atoms with Crippen molar-refractivity contribution in [2.24, 2.45) is 5.92 Å². The number of carbonyl (C=O) groups excluding carboxylic acids is 1. The monoisotopic (exact) mass is 251 g/mol. The van der Waals surface area contributed by atoms with Crippen molar-refractivity contribution in [1.29, 1.82) is 0 Å². The molecule has 1 aliphatic heterocycles. The standard InChI is InChI=1S/C14H18ClNO/c1-10-5-11(2)7-13(6-10)14(17)16-4-3-12(8-15)9-16/h5-7,12H,3-4,8-9H2,1-2H3. The van der Waals surface area contributed by atoms with Crippen LogP contribution in [0.4, 0.5) is 0 Å². The fraction of sp³-hybridized carbons (Fsp3) is 0.500. The Labute approximate surface area is 108 Å². The Kier molecular flexibility index (Phi) is 3.72. The van der Waals surface area contributed by atoms with E-state index < -0.39 is 0 Å². The number of rotatable bonds is 2. The van der Waals surface area contributed by atoms with Gasteiger partial charge in [-0.05, 0) is 38.3 Å². The molecule has 0 spiro atoms. The highest BCUT2D eigenvalue weighted by Crippen LogP contribution is 2.20. The first-order valence-electron chi connectivity index (χ1n) is 6.03. The molecule has 0 bridgehead atoms. The van der Waals surface area contributed by atoms with Crippen molar-refractivity contribution in [2.45, 2.75) is 20.3 Å². The third-order valence-electron chi connectivity index (χ3n) is 3.26. The second-order valence-electron chi connectivity index (χ2n) is 4.94. The SMILES string of the molecule is Cc1cc(C)cc(C(=O)N2CCC(CCl)C2)c1. The van der Waals surface area contributed by atoms with Crippen LogP contribution < -0.4 is 0 Å². The van der Waals surface area contributed by atoms with E-state index in [1.807, 2.05) is 30.9 Å². The van der Waals surface area contributed by atoms with Gasteiger partial charge in [-0.2, -0.15) is 0 Å². The lowest BCUT2D eigenvalue weighted by Gasteiger charge is -2.16. The fourth-order valence-corrected chi connectivity index (χ4v) is 2.68. The van der Waals surface area contributed by atoms with E-state index >= 15 is 0 Å². The molecule has 1 heterocycles. The van der Waals surface area contributed by atoms with Crippen LogP contribution in [0, 0.1) is 19.8 Å². The summed E-state index contributed by atoms with van der Waals surface area (Å²) in [6.07, 6.45) is 1.03. The van der Waals surface area contributed by atoms with Crippen molar-refractivity contribution in [1.82, 2.24) is 4.90 Å². The van der Waals surface area contributed by atoms with Crippen LogP contribution in [0.15, 0.2) is 18.2 Å². The maximum absolute atomic E-state index is 12.3. The van der Waals surface area contributed by atoms with Crippen molar-refractivity contribution in [3.63, 3.8) is 0 Å². The number of likely N-dealkylation sites (tertiary alicyclic amines) is 1. The summed E-state index contributed by atoms with van der Waals surface area (Å²) < 4.78 is 0. The minimum absolute atomic E-state index is 0.143. The molecule has 0 aliphatic carbocycles. The minimum atomic E-state index is 0.143. The topological polar surface area (TPSA) is 20.3 Å². The second-order valence-corrected chi connectivity index (χ2v) is 5.25. The van der Waals surface area contributed by atoms with E-state index in [-0.39, 0.29) is 5.91 Å². The zero-order valence-corrected chi connectivity index (χ0v) is 11.1. The first-order valence-corrected chi connectivity index (χ1v) is 6.57. The second kappa shape index (κ2) is 5.09. The Balaban J connectivity index is 2.14. The van der Waals surface area contributed by atoms with E-state index in [1.54, 1.807) is 0 Å². The summed E-state index contributed by atoms with van der Waals surface area (Å²) in [7, 11) is 0. The lowest BCUT2D eigenvalue weighted by molar-refractivity contribution is 0.0788. The smallest absolute Gasteiger partial charge is 0.253 e. The van der Waals surface area contributed by atoms with Crippen LogP contribution in [0.1, 0.15) is 27.9 Å². The van der Waals surface area contributed by atoms with Gasteiger partial charge in [0.05, 0.1) is 0 Å². The maximum atomic E-state index is 12.3. The molecule has 1 unspecified atom stereocenters. The Hall–Kier alpha value is -1.02. The summed E-state index contributed by atoms with van der Waals surface area (Å²) in [6.45, 7) is 5.68. The highest BCUT2D eigenvalue weighted by Gasteiger charge is 2.26. The Morgan fingerprint density at radius 3 is 2.53 bits per heavy atom. The largest absolute Gasteiger partial charge is 0.338 e. The molecule has 17 heavy (non-hydrogen) atoms. The number of alkyl halides is 1. The molecule has 1 aromatic rings. The summed E-state index contributed by atoms with van der Waals surface area (Å²) in [6, 6.07) is 6.01. The molecule has 2 rings (SSSR count). The van der Waals surface area contributed by atoms with Gasteiger partial charge in [0.1, 0.15) is 0 Å². The molecule has 1 amide bonds. The molecule has 1 atom stereocenters. The fourth-order valence-electron chi connectivity index (χ4n) is 2.42. The van der Waals surface area contributed by atoms with E-state index in [0.717, 1.165) is 36.2 Å². The average Bonchev–Trinajstić information content (AvgIpc) is 2.75. The van der Waals surface area contributed by atoms with Crippen LogP contribution in [0.2, 0.25) is 0 Å². The minimum Gasteiger partial charge on any atom is -0.338 e. The van der Waals surface area contributed by atoms with E-state index in [9.17, 15) is 4.79 Å². The van der Waals surface area contributed by atoms with Crippen LogP contribution >= 0.6 is 11.6 Å². The van der Waals surface area contributed by atoms with E-state index in [0.29, 0.717) is 11.8 Å². The Bertz CT molecular complexity index is 410. The van der Waals surface area contributed by atoms with Gasteiger partial charge in [-0.1, -0.05) is 17.2 Å². The summed E-state index contributed by atoms with van der Waals surface area (Å²) in [5.74, 6) is 1.26. The Morgan fingerprint density at radius 2 is 2.00 bits per heavy atom. The predicted octanol–water partition coefficient (Wildman–Crippen LogP) is 3.00. The van der Waals surface area contributed by atoms with Crippen molar-refractivity contribution in [2.75, 3.05) is 19.0 Å². The average molecular weight is 252 g/mol. The zero-order valence-electron chi connectivity index (χ0n) is 10.4. The summed E-state index contributed by atoms with van der Waals surface area (Å²) in [4.78, 5) is 14.2. The van der Waals surface area contributed by atoms with Gasteiger partial charge in [-0.3, -0.25) is 4.79 Å². The van der Waals surface area contributed by atoms with Gasteiger partial charge in [-0.25, -0.2) is 0 Å². The van der Waals surface area contributed by atoms with Crippen LogP contribution in [0.3, 0.4) is 0 Å². The molecule has 1 aromatic carbocycles. The molecule has 0 radical (unpaired) electrons. The number of carbonyl (C=O) groups is 1. The van der Waals surface area contributed by atoms with Gasteiger partial charge in [0.25, 0.3) is 5.91 Å². The van der Waals surface area contributed by atoms with E-state index in [1.165, 1.54) is 0 Å². The van der Waals surface area contributed by atoms with Gasteiger partial charge >= 0.3 is 0 Å². The predicted molar refractivity (Wildman–Crippen MR) is 70.6 cm³/mol. The van der Waals surface area contributed by atoms with Gasteiger partial charge in [-0.15, -0.1) is 11.6 Å². The van der Waals surface area contributed by atoms with Crippen LogP contribution in [0.5, 0.6) is 0 Å². The van der Waals surface area contributed by atoms with Crippen molar-refractivity contribution in [3.8, 4) is 0 Å². The zero-order chi connectivity index (χ0) is 12.4. The molecule has 1 saturated heterocycles. The quantitative estimate of drug-likeness (QED) is 0.740. The number of nitrogens with zero attached hydrogens (tertiary/aromatic N) is 1.